The number of esters is 1. The molecule has 27 heavy (non-hydrogen) atoms. The molecule has 6 heteroatoms. The lowest BCUT2D eigenvalue weighted by atomic mass is 9.88. The summed E-state index contributed by atoms with van der Waals surface area (Å²) in [5.74, 6) is 0.824. The van der Waals surface area contributed by atoms with Gasteiger partial charge in [0.05, 0.1) is 26.9 Å². The van der Waals surface area contributed by atoms with Gasteiger partial charge in [0.1, 0.15) is 11.3 Å². The maximum Gasteiger partial charge on any atom is 0.346 e. The fraction of sp³-hybridized carbons (Fsp3) is 0.476. The van der Waals surface area contributed by atoms with E-state index in [1.165, 1.54) is 7.11 Å². The summed E-state index contributed by atoms with van der Waals surface area (Å²) in [5.41, 5.74) is 1.29. The Bertz CT molecular complexity index is 691. The van der Waals surface area contributed by atoms with Gasteiger partial charge < -0.3 is 24.1 Å². The second-order valence-corrected chi connectivity index (χ2v) is 6.84. The topological polar surface area (TPSA) is 74.2 Å². The van der Waals surface area contributed by atoms with E-state index in [2.05, 4.69) is 6.58 Å². The Balaban J connectivity index is 2.24. The smallest absolute Gasteiger partial charge is 0.346 e. The highest BCUT2D eigenvalue weighted by Gasteiger charge is 2.39. The minimum Gasteiger partial charge on any atom is -0.497 e. The molecule has 1 N–H and O–H groups in total. The second-order valence-electron chi connectivity index (χ2n) is 6.84. The van der Waals surface area contributed by atoms with Crippen molar-refractivity contribution in [3.63, 3.8) is 0 Å². The van der Waals surface area contributed by atoms with E-state index in [4.69, 9.17) is 18.9 Å². The number of methoxy groups -OCH3 is 2. The first-order chi connectivity index (χ1) is 12.9. The third-order valence-electron chi connectivity index (χ3n) is 4.61. The number of hydrogen-bond donors (Lipinski definition) is 1. The van der Waals surface area contributed by atoms with E-state index < -0.39 is 12.1 Å². The molecule has 0 amide bonds. The van der Waals surface area contributed by atoms with E-state index in [1.807, 2.05) is 38.1 Å². The van der Waals surface area contributed by atoms with E-state index in [-0.39, 0.29) is 24.2 Å². The van der Waals surface area contributed by atoms with Crippen LogP contribution in [0.25, 0.3) is 0 Å². The Morgan fingerprint density at radius 1 is 1.15 bits per heavy atom. The molecule has 0 spiro atoms. The summed E-state index contributed by atoms with van der Waals surface area (Å²) >= 11 is 0. The molecule has 0 aliphatic carbocycles. The zero-order valence-corrected chi connectivity index (χ0v) is 16.4. The van der Waals surface area contributed by atoms with Crippen LogP contribution in [0.2, 0.25) is 0 Å². The van der Waals surface area contributed by atoms with Gasteiger partial charge in [-0.1, -0.05) is 32.6 Å². The molecular formula is C21H28O6. The average molecular weight is 376 g/mol. The highest BCUT2D eigenvalue weighted by atomic mass is 16.6. The van der Waals surface area contributed by atoms with Crippen LogP contribution >= 0.6 is 0 Å². The van der Waals surface area contributed by atoms with Crippen LogP contribution in [0.5, 0.6) is 5.75 Å². The van der Waals surface area contributed by atoms with Crippen molar-refractivity contribution < 1.29 is 28.8 Å². The number of aliphatic hydroxyl groups is 1. The Kier molecular flexibility index (Phi) is 7.45. The summed E-state index contributed by atoms with van der Waals surface area (Å²) in [4.78, 5) is 12.4. The van der Waals surface area contributed by atoms with Crippen LogP contribution < -0.4 is 4.74 Å². The first-order valence-corrected chi connectivity index (χ1v) is 8.96. The summed E-state index contributed by atoms with van der Waals surface area (Å²) in [7, 11) is 3.09. The molecular weight excluding hydrogens is 348 g/mol. The Morgan fingerprint density at radius 2 is 1.81 bits per heavy atom. The molecule has 1 unspecified atom stereocenters. The molecule has 0 saturated heterocycles. The third-order valence-corrected chi connectivity index (χ3v) is 4.61. The van der Waals surface area contributed by atoms with Crippen molar-refractivity contribution in [2.45, 2.75) is 33.0 Å². The molecule has 0 saturated carbocycles. The summed E-state index contributed by atoms with van der Waals surface area (Å²) in [5, 5.41) is 9.39. The number of aliphatic hydroxyl groups excluding tert-OH is 1. The number of cyclic esters (lactones) is 1. The Morgan fingerprint density at radius 3 is 2.37 bits per heavy atom. The van der Waals surface area contributed by atoms with E-state index >= 15 is 0 Å². The van der Waals surface area contributed by atoms with Gasteiger partial charge in [0, 0.05) is 6.61 Å². The van der Waals surface area contributed by atoms with Crippen molar-refractivity contribution in [1.29, 1.82) is 0 Å². The van der Waals surface area contributed by atoms with Gasteiger partial charge in [-0.25, -0.2) is 4.79 Å². The van der Waals surface area contributed by atoms with Gasteiger partial charge in [-0.3, -0.25) is 0 Å². The standard InChI is InChI=1S/C21H28O6/c1-13(11-22)10-14(2)19(18-20(25-5)15(3)27-21(18)23)26-12-16-6-8-17(24-4)9-7-16/h6-9,13-14,19,22H,3,10-12H2,1-2,4-5H3/t13-,14+,19?/m0/s1. The molecule has 1 aliphatic heterocycles. The monoisotopic (exact) mass is 376 g/mol. The normalized spacial score (nSPS) is 17.5. The summed E-state index contributed by atoms with van der Waals surface area (Å²) in [6.07, 6.45) is 0.145. The predicted molar refractivity (Wildman–Crippen MR) is 101 cm³/mol. The Hall–Kier alpha value is -2.31. The highest BCUT2D eigenvalue weighted by Crippen LogP contribution is 2.34. The number of hydrogen-bond acceptors (Lipinski definition) is 6. The second kappa shape index (κ2) is 9.58. The lowest BCUT2D eigenvalue weighted by molar-refractivity contribution is -0.135. The van der Waals surface area contributed by atoms with Gasteiger partial charge in [-0.05, 0) is 36.0 Å². The number of carbonyl (C=O) groups excluding carboxylic acids is 1. The van der Waals surface area contributed by atoms with Crippen LogP contribution in [-0.2, 0) is 25.6 Å². The minimum absolute atomic E-state index is 0.0380. The molecule has 2 rings (SSSR count). The molecule has 0 fully saturated rings. The first-order valence-electron chi connectivity index (χ1n) is 8.96. The number of benzene rings is 1. The van der Waals surface area contributed by atoms with E-state index in [9.17, 15) is 9.90 Å². The molecule has 6 nitrogen and oxygen atoms in total. The van der Waals surface area contributed by atoms with Crippen molar-refractivity contribution in [2.24, 2.45) is 11.8 Å². The van der Waals surface area contributed by atoms with Gasteiger partial charge in [-0.2, -0.15) is 0 Å². The number of ether oxygens (including phenoxy) is 4. The molecule has 1 aliphatic rings. The van der Waals surface area contributed by atoms with Gasteiger partial charge >= 0.3 is 5.97 Å². The lowest BCUT2D eigenvalue weighted by Gasteiger charge is -2.26. The van der Waals surface area contributed by atoms with Crippen molar-refractivity contribution in [1.82, 2.24) is 0 Å². The van der Waals surface area contributed by atoms with Crippen LogP contribution in [0.1, 0.15) is 25.8 Å². The third kappa shape index (κ3) is 5.11. The molecule has 1 heterocycles. The lowest BCUT2D eigenvalue weighted by Crippen LogP contribution is -2.29. The molecule has 3 atom stereocenters. The van der Waals surface area contributed by atoms with Crippen LogP contribution in [0.3, 0.4) is 0 Å². The highest BCUT2D eigenvalue weighted by molar-refractivity contribution is 5.94. The fourth-order valence-corrected chi connectivity index (χ4v) is 3.20. The van der Waals surface area contributed by atoms with Crippen LogP contribution in [0, 0.1) is 11.8 Å². The molecule has 1 aromatic rings. The Labute approximate surface area is 160 Å². The SMILES string of the molecule is C=C1OC(=O)C(C(OCc2ccc(OC)cc2)[C@H](C)C[C@H](C)CO)=C1OC. The van der Waals surface area contributed by atoms with Crippen LogP contribution in [0.4, 0.5) is 0 Å². The maximum absolute atomic E-state index is 12.4. The zero-order chi connectivity index (χ0) is 20.0. The predicted octanol–water partition coefficient (Wildman–Crippen LogP) is 3.21. The van der Waals surface area contributed by atoms with Crippen molar-refractivity contribution in [2.75, 3.05) is 20.8 Å². The van der Waals surface area contributed by atoms with Crippen molar-refractivity contribution >= 4 is 5.97 Å². The zero-order valence-electron chi connectivity index (χ0n) is 16.4. The first kappa shape index (κ1) is 21.0. The largest absolute Gasteiger partial charge is 0.497 e. The molecule has 0 bridgehead atoms. The molecule has 1 aromatic carbocycles. The van der Waals surface area contributed by atoms with E-state index in [1.54, 1.807) is 7.11 Å². The van der Waals surface area contributed by atoms with Gasteiger partial charge in [0.2, 0.25) is 0 Å². The quantitative estimate of drug-likeness (QED) is 0.632. The fourth-order valence-electron chi connectivity index (χ4n) is 3.20. The van der Waals surface area contributed by atoms with Crippen LogP contribution in [0.15, 0.2) is 47.9 Å². The molecule has 0 radical (unpaired) electrons. The molecule has 0 aromatic heterocycles. The van der Waals surface area contributed by atoms with Crippen molar-refractivity contribution in [3.8, 4) is 5.75 Å². The van der Waals surface area contributed by atoms with Gasteiger partial charge in [0.25, 0.3) is 0 Å². The number of rotatable bonds is 10. The van der Waals surface area contributed by atoms with E-state index in [0.29, 0.717) is 24.4 Å². The summed E-state index contributed by atoms with van der Waals surface area (Å²) in [6.45, 7) is 8.05. The summed E-state index contributed by atoms with van der Waals surface area (Å²) in [6, 6.07) is 7.54. The maximum atomic E-state index is 12.4. The summed E-state index contributed by atoms with van der Waals surface area (Å²) < 4.78 is 21.8. The number of carbonyl (C=O) groups is 1. The van der Waals surface area contributed by atoms with Gasteiger partial charge in [0.15, 0.2) is 11.5 Å². The minimum atomic E-state index is -0.539. The van der Waals surface area contributed by atoms with Crippen LogP contribution in [-0.4, -0.2) is 38.0 Å². The molecule has 148 valence electrons. The van der Waals surface area contributed by atoms with E-state index in [0.717, 1.165) is 11.3 Å². The van der Waals surface area contributed by atoms with Gasteiger partial charge in [-0.15, -0.1) is 0 Å². The van der Waals surface area contributed by atoms with Crippen molar-refractivity contribution in [3.05, 3.63) is 53.5 Å². The average Bonchev–Trinajstić information content (AvgIpc) is 2.95.